The SMILES string of the molecule is Nc1nccnc1C(=O)Nc1cc(-c2c(F)cccc2F)[nH]n1. The molecule has 0 aliphatic carbocycles. The highest BCUT2D eigenvalue weighted by Gasteiger charge is 2.17. The van der Waals surface area contributed by atoms with Gasteiger partial charge < -0.3 is 11.1 Å². The van der Waals surface area contributed by atoms with E-state index in [4.69, 9.17) is 5.73 Å². The number of H-pyrrole nitrogens is 1. The number of nitrogens with one attached hydrogen (secondary N) is 2. The van der Waals surface area contributed by atoms with Crippen LogP contribution in [-0.4, -0.2) is 26.1 Å². The molecule has 0 bridgehead atoms. The molecule has 3 rings (SSSR count). The first-order chi connectivity index (χ1) is 11.1. The number of hydrogen-bond acceptors (Lipinski definition) is 5. The maximum atomic E-state index is 13.7. The number of nitrogens with zero attached hydrogens (tertiary/aromatic N) is 3. The molecule has 1 amide bonds. The van der Waals surface area contributed by atoms with E-state index in [0.717, 1.165) is 12.1 Å². The summed E-state index contributed by atoms with van der Waals surface area (Å²) < 4.78 is 27.4. The number of nitrogens with two attached hydrogens (primary N) is 1. The van der Waals surface area contributed by atoms with Gasteiger partial charge in [0.2, 0.25) is 0 Å². The Kier molecular flexibility index (Phi) is 3.67. The number of rotatable bonds is 3. The van der Waals surface area contributed by atoms with Gasteiger partial charge in [-0.05, 0) is 12.1 Å². The third-order valence-corrected chi connectivity index (χ3v) is 2.99. The quantitative estimate of drug-likeness (QED) is 0.684. The molecule has 0 fully saturated rings. The fraction of sp³-hybridized carbons (Fsp3) is 0. The molecule has 7 nitrogen and oxygen atoms in total. The number of anilines is 2. The monoisotopic (exact) mass is 316 g/mol. The van der Waals surface area contributed by atoms with Crippen LogP contribution in [0.3, 0.4) is 0 Å². The maximum absolute atomic E-state index is 13.7. The highest BCUT2D eigenvalue weighted by atomic mass is 19.1. The first-order valence-corrected chi connectivity index (χ1v) is 6.44. The Balaban J connectivity index is 1.86. The first kappa shape index (κ1) is 14.6. The molecule has 0 atom stereocenters. The van der Waals surface area contributed by atoms with E-state index in [2.05, 4.69) is 25.5 Å². The van der Waals surface area contributed by atoms with Gasteiger partial charge in [-0.25, -0.2) is 18.7 Å². The van der Waals surface area contributed by atoms with Crippen LogP contribution < -0.4 is 11.1 Å². The van der Waals surface area contributed by atoms with Gasteiger partial charge in [0.1, 0.15) is 11.6 Å². The van der Waals surface area contributed by atoms with Gasteiger partial charge in [0, 0.05) is 18.5 Å². The fourth-order valence-corrected chi connectivity index (χ4v) is 1.97. The number of aromatic amines is 1. The standard InChI is InChI=1S/C14H10F2N6O/c15-7-2-1-3-8(16)11(7)9-6-10(22-21-9)20-14(23)12-13(17)19-5-4-18-12/h1-6H,(H2,17,19)(H2,20,21,22,23). The number of halogens is 2. The van der Waals surface area contributed by atoms with E-state index in [1.165, 1.54) is 24.5 Å². The molecule has 23 heavy (non-hydrogen) atoms. The zero-order chi connectivity index (χ0) is 16.4. The van der Waals surface area contributed by atoms with Gasteiger partial charge in [-0.1, -0.05) is 6.07 Å². The van der Waals surface area contributed by atoms with Crippen molar-refractivity contribution in [1.29, 1.82) is 0 Å². The van der Waals surface area contributed by atoms with Crippen molar-refractivity contribution in [1.82, 2.24) is 20.2 Å². The molecule has 0 saturated carbocycles. The Hall–Kier alpha value is -3.36. The van der Waals surface area contributed by atoms with Crippen molar-refractivity contribution in [3.05, 3.63) is 54.0 Å². The number of carbonyl (C=O) groups excluding carboxylic acids is 1. The van der Waals surface area contributed by atoms with Crippen molar-refractivity contribution < 1.29 is 13.6 Å². The van der Waals surface area contributed by atoms with Gasteiger partial charge in [-0.3, -0.25) is 9.89 Å². The topological polar surface area (TPSA) is 110 Å². The summed E-state index contributed by atoms with van der Waals surface area (Å²) in [7, 11) is 0. The van der Waals surface area contributed by atoms with Crippen LogP contribution in [0.4, 0.5) is 20.4 Å². The Bertz CT molecular complexity index is 859. The molecular formula is C14H10F2N6O. The second-order valence-electron chi connectivity index (χ2n) is 4.51. The summed E-state index contributed by atoms with van der Waals surface area (Å²) in [5.74, 6) is -2.10. The molecule has 2 heterocycles. The molecule has 0 unspecified atom stereocenters. The minimum absolute atomic E-state index is 0.0408. The zero-order valence-electron chi connectivity index (χ0n) is 11.5. The lowest BCUT2D eigenvalue weighted by Crippen LogP contribution is -2.16. The molecule has 0 saturated heterocycles. The zero-order valence-corrected chi connectivity index (χ0v) is 11.5. The smallest absolute Gasteiger partial charge is 0.279 e. The Morgan fingerprint density at radius 1 is 1.17 bits per heavy atom. The summed E-state index contributed by atoms with van der Waals surface area (Å²) in [5.41, 5.74) is 5.30. The third-order valence-electron chi connectivity index (χ3n) is 2.99. The highest BCUT2D eigenvalue weighted by Crippen LogP contribution is 2.25. The van der Waals surface area contributed by atoms with Gasteiger partial charge in [0.15, 0.2) is 17.3 Å². The lowest BCUT2D eigenvalue weighted by molar-refractivity contribution is 0.102. The third kappa shape index (κ3) is 2.84. The molecule has 0 aliphatic heterocycles. The number of benzene rings is 1. The average molecular weight is 316 g/mol. The van der Waals surface area contributed by atoms with E-state index in [1.54, 1.807) is 0 Å². The van der Waals surface area contributed by atoms with Crippen LogP contribution in [0.2, 0.25) is 0 Å². The van der Waals surface area contributed by atoms with Crippen molar-refractivity contribution in [2.45, 2.75) is 0 Å². The number of amides is 1. The molecule has 2 aromatic heterocycles. The first-order valence-electron chi connectivity index (χ1n) is 6.44. The Morgan fingerprint density at radius 2 is 1.87 bits per heavy atom. The van der Waals surface area contributed by atoms with Crippen molar-refractivity contribution in [3.8, 4) is 11.3 Å². The highest BCUT2D eigenvalue weighted by molar-refractivity contribution is 6.05. The van der Waals surface area contributed by atoms with Crippen LogP contribution in [0.1, 0.15) is 10.5 Å². The molecule has 0 radical (unpaired) electrons. The lowest BCUT2D eigenvalue weighted by atomic mass is 10.1. The molecule has 116 valence electrons. The van der Waals surface area contributed by atoms with Crippen LogP contribution in [0.5, 0.6) is 0 Å². The minimum atomic E-state index is -0.746. The van der Waals surface area contributed by atoms with Crippen LogP contribution in [0.15, 0.2) is 36.7 Å². The van der Waals surface area contributed by atoms with E-state index in [9.17, 15) is 13.6 Å². The number of nitrogen functional groups attached to an aromatic ring is 1. The molecular weight excluding hydrogens is 306 g/mol. The lowest BCUT2D eigenvalue weighted by Gasteiger charge is -2.02. The summed E-state index contributed by atoms with van der Waals surface area (Å²) in [6.07, 6.45) is 2.66. The molecule has 0 spiro atoms. The van der Waals surface area contributed by atoms with Crippen molar-refractivity contribution >= 4 is 17.5 Å². The normalized spacial score (nSPS) is 10.5. The Morgan fingerprint density at radius 3 is 2.57 bits per heavy atom. The summed E-state index contributed by atoms with van der Waals surface area (Å²) >= 11 is 0. The second kappa shape index (κ2) is 5.79. The second-order valence-corrected chi connectivity index (χ2v) is 4.51. The molecule has 0 aliphatic rings. The van der Waals surface area contributed by atoms with E-state index in [-0.39, 0.29) is 28.6 Å². The molecule has 4 N–H and O–H groups in total. The largest absolute Gasteiger partial charge is 0.382 e. The predicted octanol–water partition coefficient (Wildman–Crippen LogP) is 1.98. The summed E-state index contributed by atoms with van der Waals surface area (Å²) in [5, 5.41) is 8.67. The van der Waals surface area contributed by atoms with Crippen LogP contribution >= 0.6 is 0 Å². The number of aromatic nitrogens is 4. The Labute approximate surface area is 128 Å². The molecule has 9 heteroatoms. The fourth-order valence-electron chi connectivity index (χ4n) is 1.97. The van der Waals surface area contributed by atoms with Gasteiger partial charge in [-0.15, -0.1) is 0 Å². The maximum Gasteiger partial charge on any atom is 0.279 e. The van der Waals surface area contributed by atoms with Crippen molar-refractivity contribution in [3.63, 3.8) is 0 Å². The van der Waals surface area contributed by atoms with Gasteiger partial charge in [-0.2, -0.15) is 5.10 Å². The summed E-state index contributed by atoms with van der Waals surface area (Å²) in [6, 6.07) is 4.80. The predicted molar refractivity (Wildman–Crippen MR) is 78.3 cm³/mol. The van der Waals surface area contributed by atoms with Gasteiger partial charge in [0.05, 0.1) is 11.3 Å². The van der Waals surface area contributed by atoms with E-state index in [1.807, 2.05) is 0 Å². The summed E-state index contributed by atoms with van der Waals surface area (Å²) in [4.78, 5) is 19.6. The van der Waals surface area contributed by atoms with E-state index < -0.39 is 17.5 Å². The van der Waals surface area contributed by atoms with Crippen LogP contribution in [0, 0.1) is 11.6 Å². The van der Waals surface area contributed by atoms with Crippen molar-refractivity contribution in [2.24, 2.45) is 0 Å². The summed E-state index contributed by atoms with van der Waals surface area (Å²) in [6.45, 7) is 0. The van der Waals surface area contributed by atoms with Crippen LogP contribution in [-0.2, 0) is 0 Å². The van der Waals surface area contributed by atoms with E-state index >= 15 is 0 Å². The average Bonchev–Trinajstić information content (AvgIpc) is 2.95. The molecule has 3 aromatic rings. The molecule has 1 aromatic carbocycles. The van der Waals surface area contributed by atoms with Crippen LogP contribution in [0.25, 0.3) is 11.3 Å². The van der Waals surface area contributed by atoms with Gasteiger partial charge >= 0.3 is 0 Å². The number of hydrogen-bond donors (Lipinski definition) is 3. The van der Waals surface area contributed by atoms with E-state index in [0.29, 0.717) is 0 Å². The van der Waals surface area contributed by atoms with Crippen molar-refractivity contribution in [2.75, 3.05) is 11.1 Å². The minimum Gasteiger partial charge on any atom is -0.382 e. The van der Waals surface area contributed by atoms with Gasteiger partial charge in [0.25, 0.3) is 5.91 Å². The number of carbonyl (C=O) groups is 1.